The summed E-state index contributed by atoms with van der Waals surface area (Å²) in [4.78, 5) is 11.0. The third-order valence-corrected chi connectivity index (χ3v) is 4.12. The van der Waals surface area contributed by atoms with Crippen molar-refractivity contribution in [2.75, 3.05) is 0 Å². The molecule has 3 nitrogen and oxygen atoms in total. The first-order chi connectivity index (χ1) is 9.38. The highest BCUT2D eigenvalue weighted by Crippen LogP contribution is 2.37. The van der Waals surface area contributed by atoms with Crippen LogP contribution >= 0.6 is 39.1 Å². The van der Waals surface area contributed by atoms with E-state index in [0.717, 1.165) is 5.56 Å². The molecule has 0 fully saturated rings. The third-order valence-electron chi connectivity index (χ3n) is 2.63. The number of hydrogen-bond donors (Lipinski definition) is 1. The van der Waals surface area contributed by atoms with E-state index in [1.54, 1.807) is 18.2 Å². The van der Waals surface area contributed by atoms with E-state index in [0.29, 0.717) is 26.0 Å². The SMILES string of the molecule is Cc1ccc(C(=O)O)cc1Oc1cc(Cl)c(Br)cc1Cl. The van der Waals surface area contributed by atoms with Crippen molar-refractivity contribution < 1.29 is 14.6 Å². The average molecular weight is 376 g/mol. The quantitative estimate of drug-likeness (QED) is 0.714. The highest BCUT2D eigenvalue weighted by atomic mass is 79.9. The summed E-state index contributed by atoms with van der Waals surface area (Å²) >= 11 is 15.3. The van der Waals surface area contributed by atoms with Crippen molar-refractivity contribution in [2.24, 2.45) is 0 Å². The van der Waals surface area contributed by atoms with Crippen LogP contribution in [0.3, 0.4) is 0 Å². The molecule has 6 heteroatoms. The van der Waals surface area contributed by atoms with Crippen molar-refractivity contribution in [3.63, 3.8) is 0 Å². The number of rotatable bonds is 3. The fourth-order valence-electron chi connectivity index (χ4n) is 1.54. The van der Waals surface area contributed by atoms with Crippen molar-refractivity contribution in [1.82, 2.24) is 0 Å². The van der Waals surface area contributed by atoms with Crippen LogP contribution in [0, 0.1) is 6.92 Å². The molecule has 0 saturated carbocycles. The van der Waals surface area contributed by atoms with E-state index >= 15 is 0 Å². The fraction of sp³-hybridized carbons (Fsp3) is 0.0714. The molecule has 0 aliphatic rings. The molecule has 0 bridgehead atoms. The van der Waals surface area contributed by atoms with Gasteiger partial charge in [-0.25, -0.2) is 4.79 Å². The summed E-state index contributed by atoms with van der Waals surface area (Å²) in [7, 11) is 0. The van der Waals surface area contributed by atoms with Gasteiger partial charge in [-0.2, -0.15) is 0 Å². The summed E-state index contributed by atoms with van der Waals surface area (Å²) in [6.45, 7) is 1.81. The molecule has 0 radical (unpaired) electrons. The standard InChI is InChI=1S/C14H9BrCl2O3/c1-7-2-3-8(14(18)19)4-12(7)20-13-6-10(16)9(15)5-11(13)17/h2-6H,1H3,(H,18,19). The second-order valence-corrected chi connectivity index (χ2v) is 5.75. The van der Waals surface area contributed by atoms with Crippen LogP contribution in [0.15, 0.2) is 34.8 Å². The van der Waals surface area contributed by atoms with Crippen molar-refractivity contribution in [3.05, 3.63) is 56.0 Å². The predicted octanol–water partition coefficient (Wildman–Crippen LogP) is 5.55. The normalized spacial score (nSPS) is 10.4. The first kappa shape index (κ1) is 15.2. The highest BCUT2D eigenvalue weighted by molar-refractivity contribution is 9.10. The molecule has 104 valence electrons. The van der Waals surface area contributed by atoms with Gasteiger partial charge >= 0.3 is 5.97 Å². The maximum atomic E-state index is 11.0. The molecule has 2 rings (SSSR count). The van der Waals surface area contributed by atoms with E-state index in [4.69, 9.17) is 33.0 Å². The number of aromatic carboxylic acids is 1. The first-order valence-corrected chi connectivity index (χ1v) is 7.09. The monoisotopic (exact) mass is 374 g/mol. The van der Waals surface area contributed by atoms with Gasteiger partial charge in [0.25, 0.3) is 0 Å². The summed E-state index contributed by atoms with van der Waals surface area (Å²) in [5, 5.41) is 9.82. The molecule has 0 heterocycles. The van der Waals surface area contributed by atoms with Gasteiger partial charge in [0.15, 0.2) is 0 Å². The first-order valence-electron chi connectivity index (χ1n) is 5.55. The highest BCUT2D eigenvalue weighted by Gasteiger charge is 2.11. The lowest BCUT2D eigenvalue weighted by Gasteiger charge is -2.12. The van der Waals surface area contributed by atoms with Crippen LogP contribution in [0.1, 0.15) is 15.9 Å². The fourth-order valence-corrected chi connectivity index (χ4v) is 2.38. The molecule has 2 aromatic carbocycles. The van der Waals surface area contributed by atoms with Crippen molar-refractivity contribution >= 4 is 45.1 Å². The molecule has 2 aromatic rings. The van der Waals surface area contributed by atoms with Crippen LogP contribution in [0.2, 0.25) is 10.0 Å². The number of aryl methyl sites for hydroxylation is 1. The van der Waals surface area contributed by atoms with Gasteiger partial charge in [-0.05, 0) is 46.6 Å². The molecular weight excluding hydrogens is 367 g/mol. The van der Waals surface area contributed by atoms with Crippen LogP contribution in [0.25, 0.3) is 0 Å². The maximum absolute atomic E-state index is 11.0. The zero-order chi connectivity index (χ0) is 14.9. The van der Waals surface area contributed by atoms with Gasteiger partial charge in [0.1, 0.15) is 11.5 Å². The number of ether oxygens (including phenoxy) is 1. The zero-order valence-corrected chi connectivity index (χ0v) is 13.4. The van der Waals surface area contributed by atoms with Gasteiger partial charge in [0.05, 0.1) is 15.6 Å². The van der Waals surface area contributed by atoms with Crippen LogP contribution in [0.5, 0.6) is 11.5 Å². The summed E-state index contributed by atoms with van der Waals surface area (Å²) in [5.41, 5.74) is 0.940. The number of carboxylic acid groups (broad SMARTS) is 1. The van der Waals surface area contributed by atoms with E-state index in [1.165, 1.54) is 12.1 Å². The number of benzene rings is 2. The number of carbonyl (C=O) groups is 1. The second kappa shape index (κ2) is 6.04. The molecule has 0 unspecified atom stereocenters. The van der Waals surface area contributed by atoms with Gasteiger partial charge in [-0.3, -0.25) is 0 Å². The van der Waals surface area contributed by atoms with E-state index < -0.39 is 5.97 Å². The Morgan fingerprint density at radius 3 is 2.50 bits per heavy atom. The van der Waals surface area contributed by atoms with Crippen molar-refractivity contribution in [1.29, 1.82) is 0 Å². The number of halogens is 3. The molecule has 20 heavy (non-hydrogen) atoms. The molecule has 0 saturated heterocycles. The summed E-state index contributed by atoms with van der Waals surface area (Å²) in [6, 6.07) is 7.83. The molecule has 0 aliphatic heterocycles. The minimum Gasteiger partial charge on any atom is -0.478 e. The average Bonchev–Trinajstić information content (AvgIpc) is 2.38. The van der Waals surface area contributed by atoms with E-state index in [2.05, 4.69) is 15.9 Å². The maximum Gasteiger partial charge on any atom is 0.335 e. The number of hydrogen-bond acceptors (Lipinski definition) is 2. The minimum absolute atomic E-state index is 0.143. The molecule has 0 atom stereocenters. The molecule has 0 aliphatic carbocycles. The van der Waals surface area contributed by atoms with Gasteiger partial charge in [0.2, 0.25) is 0 Å². The third kappa shape index (κ3) is 3.26. The van der Waals surface area contributed by atoms with E-state index in [-0.39, 0.29) is 5.56 Å². The van der Waals surface area contributed by atoms with E-state index in [1.807, 2.05) is 6.92 Å². The van der Waals surface area contributed by atoms with Crippen LogP contribution in [0.4, 0.5) is 0 Å². The second-order valence-electron chi connectivity index (χ2n) is 4.08. The Bertz CT molecular complexity index is 686. The van der Waals surface area contributed by atoms with Crippen molar-refractivity contribution in [2.45, 2.75) is 6.92 Å². The lowest BCUT2D eigenvalue weighted by Crippen LogP contribution is -1.98. The van der Waals surface area contributed by atoms with Gasteiger partial charge in [0, 0.05) is 10.5 Å². The lowest BCUT2D eigenvalue weighted by molar-refractivity contribution is 0.0696. The molecule has 0 amide bonds. The Hall–Kier alpha value is -1.23. The summed E-state index contributed by atoms with van der Waals surface area (Å²) in [5.74, 6) is -0.231. The molecule has 1 N–H and O–H groups in total. The smallest absolute Gasteiger partial charge is 0.335 e. The van der Waals surface area contributed by atoms with Crippen LogP contribution < -0.4 is 4.74 Å². The Kier molecular flexibility index (Phi) is 4.58. The van der Waals surface area contributed by atoms with Gasteiger partial charge < -0.3 is 9.84 Å². The topological polar surface area (TPSA) is 46.5 Å². The van der Waals surface area contributed by atoms with Gasteiger partial charge in [-0.1, -0.05) is 29.3 Å². The molecule has 0 aromatic heterocycles. The number of carboxylic acids is 1. The Morgan fingerprint density at radius 2 is 1.85 bits per heavy atom. The zero-order valence-electron chi connectivity index (χ0n) is 10.3. The Balaban J connectivity index is 2.42. The molecule has 0 spiro atoms. The predicted molar refractivity (Wildman–Crippen MR) is 82.4 cm³/mol. The lowest BCUT2D eigenvalue weighted by atomic mass is 10.1. The van der Waals surface area contributed by atoms with Crippen molar-refractivity contribution in [3.8, 4) is 11.5 Å². The minimum atomic E-state index is -1.02. The summed E-state index contributed by atoms with van der Waals surface area (Å²) in [6.07, 6.45) is 0. The largest absolute Gasteiger partial charge is 0.478 e. The Labute approximate surface area is 134 Å². The van der Waals surface area contributed by atoms with Gasteiger partial charge in [-0.15, -0.1) is 0 Å². The van der Waals surface area contributed by atoms with Crippen LogP contribution in [-0.4, -0.2) is 11.1 Å². The Morgan fingerprint density at radius 1 is 1.15 bits per heavy atom. The van der Waals surface area contributed by atoms with E-state index in [9.17, 15) is 4.79 Å². The summed E-state index contributed by atoms with van der Waals surface area (Å²) < 4.78 is 6.33. The molecular formula is C14H9BrCl2O3. The van der Waals surface area contributed by atoms with Crippen LogP contribution in [-0.2, 0) is 0 Å².